The van der Waals surface area contributed by atoms with E-state index in [-0.39, 0.29) is 17.6 Å². The molecule has 6 nitrogen and oxygen atoms in total. The number of rotatable bonds is 6. The lowest BCUT2D eigenvalue weighted by atomic mass is 9.97. The molecule has 0 bridgehead atoms. The minimum Gasteiger partial charge on any atom is -0.378 e. The van der Waals surface area contributed by atoms with E-state index in [2.05, 4.69) is 5.32 Å². The molecule has 0 aliphatic carbocycles. The summed E-state index contributed by atoms with van der Waals surface area (Å²) in [5, 5.41) is 2.93. The largest absolute Gasteiger partial charge is 0.378 e. The Labute approximate surface area is 144 Å². The average molecular weight is 353 g/mol. The Bertz CT molecular complexity index is 648. The number of carbonyl (C=O) groups is 1. The molecule has 0 aromatic heterocycles. The van der Waals surface area contributed by atoms with Gasteiger partial charge in [-0.25, -0.2) is 12.7 Å². The number of piperidine rings is 1. The highest BCUT2D eigenvalue weighted by Crippen LogP contribution is 2.22. The Kier molecular flexibility index (Phi) is 6.23. The van der Waals surface area contributed by atoms with Crippen molar-refractivity contribution in [1.82, 2.24) is 4.31 Å². The van der Waals surface area contributed by atoms with Gasteiger partial charge in [0.1, 0.15) is 0 Å². The highest BCUT2D eigenvalue weighted by molar-refractivity contribution is 7.89. The first-order chi connectivity index (χ1) is 11.3. The third kappa shape index (κ3) is 4.70. The lowest BCUT2D eigenvalue weighted by Crippen LogP contribution is -2.42. The lowest BCUT2D eigenvalue weighted by molar-refractivity contribution is -0.120. The fourth-order valence-electron chi connectivity index (χ4n) is 2.87. The molecule has 7 heteroatoms. The van der Waals surface area contributed by atoms with Gasteiger partial charge >= 0.3 is 0 Å². The van der Waals surface area contributed by atoms with Gasteiger partial charge in [0.25, 0.3) is 0 Å². The zero-order valence-corrected chi connectivity index (χ0v) is 15.5. The monoisotopic (exact) mass is 353 g/mol. The van der Waals surface area contributed by atoms with Gasteiger partial charge in [-0.2, -0.15) is 0 Å². The molecule has 1 aliphatic rings. The molecule has 2 rings (SSSR count). The number of nitrogens with one attached hydrogen (secondary N) is 1. The first kappa shape index (κ1) is 18.7. The van der Waals surface area contributed by atoms with E-state index in [0.717, 1.165) is 11.4 Å². The number of benzene rings is 1. The molecule has 0 spiro atoms. The second kappa shape index (κ2) is 7.98. The second-order valence-corrected chi connectivity index (χ2v) is 8.51. The van der Waals surface area contributed by atoms with Crippen LogP contribution in [-0.2, 0) is 14.8 Å². The van der Waals surface area contributed by atoms with Crippen LogP contribution in [0, 0.1) is 5.92 Å². The molecule has 1 fully saturated rings. The summed E-state index contributed by atoms with van der Waals surface area (Å²) < 4.78 is 25.6. The molecule has 1 heterocycles. The van der Waals surface area contributed by atoms with Crippen LogP contribution >= 0.6 is 0 Å². The first-order valence-electron chi connectivity index (χ1n) is 8.39. The maximum Gasteiger partial charge on any atom is 0.227 e. The van der Waals surface area contributed by atoms with E-state index in [4.69, 9.17) is 0 Å². The number of hydrogen-bond acceptors (Lipinski definition) is 4. The highest BCUT2D eigenvalue weighted by atomic mass is 32.2. The molecule has 134 valence electrons. The molecule has 0 unspecified atom stereocenters. The predicted molar refractivity (Wildman–Crippen MR) is 97.8 cm³/mol. The van der Waals surface area contributed by atoms with E-state index < -0.39 is 10.0 Å². The minimum absolute atomic E-state index is 0.0276. The van der Waals surface area contributed by atoms with E-state index in [0.29, 0.717) is 32.4 Å². The fourth-order valence-corrected chi connectivity index (χ4v) is 4.41. The van der Waals surface area contributed by atoms with Crippen LogP contribution in [0.1, 0.15) is 26.2 Å². The first-order valence-corrected chi connectivity index (χ1v) is 10.0. The summed E-state index contributed by atoms with van der Waals surface area (Å²) >= 11 is 0. The molecule has 24 heavy (non-hydrogen) atoms. The molecule has 1 aliphatic heterocycles. The fraction of sp³-hybridized carbons (Fsp3) is 0.588. The summed E-state index contributed by atoms with van der Waals surface area (Å²) in [5.74, 6) is 0.0222. The zero-order valence-electron chi connectivity index (χ0n) is 14.7. The Morgan fingerprint density at radius 2 is 1.79 bits per heavy atom. The molecular weight excluding hydrogens is 326 g/mol. The molecular formula is C17H27N3O3S. The van der Waals surface area contributed by atoms with Crippen molar-refractivity contribution in [3.63, 3.8) is 0 Å². The molecule has 0 saturated carbocycles. The molecule has 1 aromatic rings. The molecule has 1 amide bonds. The summed E-state index contributed by atoms with van der Waals surface area (Å²) in [6.45, 7) is 2.72. The summed E-state index contributed by atoms with van der Waals surface area (Å²) in [6.07, 6.45) is 1.76. The Hall–Kier alpha value is -1.60. The van der Waals surface area contributed by atoms with Crippen molar-refractivity contribution in [2.45, 2.75) is 26.2 Å². The third-order valence-electron chi connectivity index (χ3n) is 4.33. The lowest BCUT2D eigenvalue weighted by Gasteiger charge is -2.30. The molecule has 0 atom stereocenters. The van der Waals surface area contributed by atoms with Crippen LogP contribution in [0.15, 0.2) is 24.3 Å². The third-order valence-corrected chi connectivity index (χ3v) is 6.41. The van der Waals surface area contributed by atoms with Crippen molar-refractivity contribution in [3.8, 4) is 0 Å². The van der Waals surface area contributed by atoms with Crippen LogP contribution in [-0.4, -0.2) is 51.6 Å². The number of anilines is 2. The average Bonchev–Trinajstić information content (AvgIpc) is 2.55. The van der Waals surface area contributed by atoms with Gasteiger partial charge < -0.3 is 10.2 Å². The summed E-state index contributed by atoms with van der Waals surface area (Å²) in [5.41, 5.74) is 1.84. The van der Waals surface area contributed by atoms with Gasteiger partial charge in [0.2, 0.25) is 15.9 Å². The van der Waals surface area contributed by atoms with E-state index in [9.17, 15) is 13.2 Å². The normalized spacial score (nSPS) is 16.8. The van der Waals surface area contributed by atoms with E-state index in [1.54, 1.807) is 0 Å². The Morgan fingerprint density at radius 3 is 2.29 bits per heavy atom. The molecule has 1 N–H and O–H groups in total. The Balaban J connectivity index is 1.89. The van der Waals surface area contributed by atoms with Crippen LogP contribution in [0.25, 0.3) is 0 Å². The smallest absolute Gasteiger partial charge is 0.227 e. The van der Waals surface area contributed by atoms with Gasteiger partial charge in [-0.3, -0.25) is 4.79 Å². The van der Waals surface area contributed by atoms with Crippen LogP contribution < -0.4 is 10.2 Å². The SMILES string of the molecule is CCCS(=O)(=O)N1CCC(C(=O)Nc2ccc(N(C)C)cc2)CC1. The Morgan fingerprint density at radius 1 is 1.21 bits per heavy atom. The number of sulfonamides is 1. The van der Waals surface area contributed by atoms with Crippen molar-refractivity contribution in [3.05, 3.63) is 24.3 Å². The van der Waals surface area contributed by atoms with Gasteiger partial charge in [-0.15, -0.1) is 0 Å². The van der Waals surface area contributed by atoms with Crippen molar-refractivity contribution in [2.75, 3.05) is 43.2 Å². The van der Waals surface area contributed by atoms with Crippen molar-refractivity contribution in [1.29, 1.82) is 0 Å². The number of nitrogens with zero attached hydrogens (tertiary/aromatic N) is 2. The molecule has 1 aromatic carbocycles. The van der Waals surface area contributed by atoms with Crippen LogP contribution in [0.4, 0.5) is 11.4 Å². The topological polar surface area (TPSA) is 69.7 Å². The zero-order chi connectivity index (χ0) is 17.7. The van der Waals surface area contributed by atoms with Crippen molar-refractivity contribution in [2.24, 2.45) is 5.92 Å². The maximum absolute atomic E-state index is 12.4. The predicted octanol–water partition coefficient (Wildman–Crippen LogP) is 2.14. The minimum atomic E-state index is -3.16. The maximum atomic E-state index is 12.4. The van der Waals surface area contributed by atoms with Gasteiger partial charge in [0, 0.05) is 44.5 Å². The van der Waals surface area contributed by atoms with Gasteiger partial charge in [0.15, 0.2) is 0 Å². The quantitative estimate of drug-likeness (QED) is 0.851. The van der Waals surface area contributed by atoms with E-state index in [1.165, 1.54) is 4.31 Å². The number of hydrogen-bond donors (Lipinski definition) is 1. The number of amides is 1. The van der Waals surface area contributed by atoms with E-state index >= 15 is 0 Å². The highest BCUT2D eigenvalue weighted by Gasteiger charge is 2.30. The molecule has 0 radical (unpaired) electrons. The van der Waals surface area contributed by atoms with Gasteiger partial charge in [-0.1, -0.05) is 6.92 Å². The summed E-state index contributed by atoms with van der Waals surface area (Å²) in [4.78, 5) is 14.4. The summed E-state index contributed by atoms with van der Waals surface area (Å²) in [7, 11) is 0.775. The van der Waals surface area contributed by atoms with Crippen LogP contribution in [0.5, 0.6) is 0 Å². The summed E-state index contributed by atoms with van der Waals surface area (Å²) in [6, 6.07) is 7.67. The van der Waals surface area contributed by atoms with Gasteiger partial charge in [-0.05, 0) is 43.5 Å². The van der Waals surface area contributed by atoms with Crippen LogP contribution in [0.3, 0.4) is 0 Å². The van der Waals surface area contributed by atoms with E-state index in [1.807, 2.05) is 50.2 Å². The standard InChI is InChI=1S/C17H27N3O3S/c1-4-13-24(22,23)20-11-9-14(10-12-20)17(21)18-15-5-7-16(8-6-15)19(2)3/h5-8,14H,4,9-13H2,1-3H3,(H,18,21). The molecule has 1 saturated heterocycles. The second-order valence-electron chi connectivity index (χ2n) is 6.42. The van der Waals surface area contributed by atoms with Crippen LogP contribution in [0.2, 0.25) is 0 Å². The van der Waals surface area contributed by atoms with Crippen molar-refractivity contribution >= 4 is 27.3 Å². The number of carbonyl (C=O) groups excluding carboxylic acids is 1. The van der Waals surface area contributed by atoms with Gasteiger partial charge in [0.05, 0.1) is 5.75 Å². The van der Waals surface area contributed by atoms with Crippen molar-refractivity contribution < 1.29 is 13.2 Å².